The first-order valence-corrected chi connectivity index (χ1v) is 4.58. The Hall–Kier alpha value is -0.545. The molecule has 3 nitrogen and oxygen atoms in total. The maximum Gasteiger partial charge on any atom is 0.489 e. The Morgan fingerprint density at radius 2 is 2.07 bits per heavy atom. The third kappa shape index (κ3) is 2.48. The van der Waals surface area contributed by atoms with Crippen LogP contribution in [-0.4, -0.2) is 24.3 Å². The number of hydrogen-bond donors (Lipinski definition) is 2. The van der Waals surface area contributed by atoms with Gasteiger partial charge in [0.15, 0.2) is 0 Å². The second-order valence-electron chi connectivity index (χ2n) is 3.13. The van der Waals surface area contributed by atoms with Crippen LogP contribution in [0.5, 0.6) is 0 Å². The molecule has 0 spiro atoms. The van der Waals surface area contributed by atoms with Crippen molar-refractivity contribution in [2.45, 2.75) is 13.5 Å². The summed E-state index contributed by atoms with van der Waals surface area (Å²) in [5.41, 5.74) is 2.00. The molecule has 0 bridgehead atoms. The molecule has 0 aliphatic rings. The van der Waals surface area contributed by atoms with E-state index in [-0.39, 0.29) is 0 Å². The van der Waals surface area contributed by atoms with Crippen LogP contribution in [0.3, 0.4) is 0 Å². The van der Waals surface area contributed by atoms with Crippen molar-refractivity contribution in [2.24, 2.45) is 0 Å². The van der Waals surface area contributed by atoms with Crippen LogP contribution in [0.25, 0.3) is 0 Å². The minimum absolute atomic E-state index is 0.318. The molecular weight excluding hydrogens is 202 g/mol. The van der Waals surface area contributed by atoms with E-state index in [2.05, 4.69) is 0 Å². The van der Waals surface area contributed by atoms with E-state index in [1.54, 1.807) is 13.2 Å². The van der Waals surface area contributed by atoms with Gasteiger partial charge in [0, 0.05) is 17.6 Å². The second-order valence-corrected chi connectivity index (χ2v) is 3.51. The van der Waals surface area contributed by atoms with Crippen molar-refractivity contribution in [1.82, 2.24) is 0 Å². The van der Waals surface area contributed by atoms with Gasteiger partial charge in [-0.05, 0) is 12.5 Å². The van der Waals surface area contributed by atoms with Crippen molar-refractivity contribution in [1.29, 1.82) is 0 Å². The van der Waals surface area contributed by atoms with Crippen molar-refractivity contribution < 1.29 is 14.8 Å². The van der Waals surface area contributed by atoms with Gasteiger partial charge in [-0.2, -0.15) is 0 Å². The van der Waals surface area contributed by atoms with Crippen LogP contribution < -0.4 is 5.46 Å². The predicted molar refractivity (Wildman–Crippen MR) is 56.7 cm³/mol. The van der Waals surface area contributed by atoms with Crippen LogP contribution in [0.15, 0.2) is 12.1 Å². The lowest BCUT2D eigenvalue weighted by Crippen LogP contribution is -2.31. The molecule has 1 aromatic rings. The first kappa shape index (κ1) is 11.5. The van der Waals surface area contributed by atoms with E-state index >= 15 is 0 Å². The highest BCUT2D eigenvalue weighted by atomic mass is 35.5. The Morgan fingerprint density at radius 3 is 2.57 bits per heavy atom. The molecule has 5 heteroatoms. The first-order chi connectivity index (χ1) is 6.56. The fourth-order valence-electron chi connectivity index (χ4n) is 1.32. The van der Waals surface area contributed by atoms with Crippen LogP contribution in [0.4, 0.5) is 0 Å². The number of benzene rings is 1. The van der Waals surface area contributed by atoms with E-state index in [4.69, 9.17) is 26.4 Å². The number of ether oxygens (including phenoxy) is 1. The Labute approximate surface area is 88.4 Å². The molecule has 0 aliphatic carbocycles. The summed E-state index contributed by atoms with van der Waals surface area (Å²) in [6.45, 7) is 2.22. The first-order valence-electron chi connectivity index (χ1n) is 4.20. The maximum absolute atomic E-state index is 9.05. The topological polar surface area (TPSA) is 49.7 Å². The highest BCUT2D eigenvalue weighted by Crippen LogP contribution is 2.16. The second kappa shape index (κ2) is 4.80. The van der Waals surface area contributed by atoms with Crippen LogP contribution in [0.2, 0.25) is 5.02 Å². The van der Waals surface area contributed by atoms with Gasteiger partial charge < -0.3 is 14.8 Å². The summed E-state index contributed by atoms with van der Waals surface area (Å²) in [4.78, 5) is 0. The lowest BCUT2D eigenvalue weighted by molar-refractivity contribution is 0.185. The zero-order chi connectivity index (χ0) is 10.7. The van der Waals surface area contributed by atoms with E-state index in [9.17, 15) is 0 Å². The summed E-state index contributed by atoms with van der Waals surface area (Å²) in [7, 11) is 0.0197. The van der Waals surface area contributed by atoms with E-state index in [1.165, 1.54) is 0 Å². The minimum atomic E-state index is -1.54. The Kier molecular flexibility index (Phi) is 3.95. The Balaban J connectivity index is 3.18. The SMILES string of the molecule is COCc1cc(C)cc(B(O)O)c1Cl. The van der Waals surface area contributed by atoms with Crippen molar-refractivity contribution in [2.75, 3.05) is 7.11 Å². The third-order valence-corrected chi connectivity index (χ3v) is 2.36. The number of halogens is 1. The molecule has 0 atom stereocenters. The van der Waals surface area contributed by atoms with Crippen LogP contribution in [0, 0.1) is 6.92 Å². The third-order valence-electron chi connectivity index (χ3n) is 1.90. The molecule has 1 rings (SSSR count). The normalized spacial score (nSPS) is 10.4. The van der Waals surface area contributed by atoms with Gasteiger partial charge in [-0.1, -0.05) is 29.3 Å². The lowest BCUT2D eigenvalue weighted by atomic mass is 9.78. The Bertz CT molecular complexity index is 328. The summed E-state index contributed by atoms with van der Waals surface area (Å²) in [5.74, 6) is 0. The number of rotatable bonds is 3. The van der Waals surface area contributed by atoms with Crippen molar-refractivity contribution >= 4 is 24.2 Å². The van der Waals surface area contributed by atoms with Crippen molar-refractivity contribution in [3.8, 4) is 0 Å². The van der Waals surface area contributed by atoms with E-state index in [0.29, 0.717) is 17.1 Å². The van der Waals surface area contributed by atoms with Gasteiger partial charge in [-0.25, -0.2) is 0 Å². The average molecular weight is 214 g/mol. The summed E-state index contributed by atoms with van der Waals surface area (Å²) >= 11 is 5.95. The van der Waals surface area contributed by atoms with E-state index in [0.717, 1.165) is 11.1 Å². The van der Waals surface area contributed by atoms with Gasteiger partial charge in [0.1, 0.15) is 0 Å². The summed E-state index contributed by atoms with van der Waals surface area (Å²) in [5, 5.41) is 18.5. The molecular formula is C9H12BClO3. The number of methoxy groups -OCH3 is 1. The zero-order valence-corrected chi connectivity index (χ0v) is 8.88. The van der Waals surface area contributed by atoms with Crippen molar-refractivity contribution in [3.05, 3.63) is 28.3 Å². The smallest absolute Gasteiger partial charge is 0.423 e. The molecule has 0 amide bonds. The Morgan fingerprint density at radius 1 is 1.43 bits per heavy atom. The molecule has 0 aliphatic heterocycles. The molecule has 0 fully saturated rings. The standard InChI is InChI=1S/C9H12BClO3/c1-6-3-7(5-14-2)9(11)8(4-6)10(12)13/h3-4,12-13H,5H2,1-2H3. The fraction of sp³-hybridized carbons (Fsp3) is 0.333. The molecule has 0 saturated heterocycles. The van der Waals surface area contributed by atoms with Crippen LogP contribution in [0.1, 0.15) is 11.1 Å². The van der Waals surface area contributed by atoms with Crippen molar-refractivity contribution in [3.63, 3.8) is 0 Å². The lowest BCUT2D eigenvalue weighted by Gasteiger charge is -2.10. The van der Waals surface area contributed by atoms with E-state index < -0.39 is 7.12 Å². The van der Waals surface area contributed by atoms with Gasteiger partial charge in [0.05, 0.1) is 6.61 Å². The van der Waals surface area contributed by atoms with Crippen LogP contribution in [-0.2, 0) is 11.3 Å². The highest BCUT2D eigenvalue weighted by molar-refractivity contribution is 6.62. The molecule has 76 valence electrons. The highest BCUT2D eigenvalue weighted by Gasteiger charge is 2.18. The monoisotopic (exact) mass is 214 g/mol. The van der Waals surface area contributed by atoms with Gasteiger partial charge >= 0.3 is 7.12 Å². The average Bonchev–Trinajstić information content (AvgIpc) is 2.10. The molecule has 0 heterocycles. The molecule has 2 N–H and O–H groups in total. The predicted octanol–water partition coefficient (Wildman–Crippen LogP) is 0.475. The number of aryl methyl sites for hydroxylation is 1. The van der Waals surface area contributed by atoms with Crippen LogP contribution >= 0.6 is 11.6 Å². The van der Waals surface area contributed by atoms with Gasteiger partial charge in [-0.3, -0.25) is 0 Å². The number of hydrogen-bond acceptors (Lipinski definition) is 3. The molecule has 0 radical (unpaired) electrons. The van der Waals surface area contributed by atoms with Gasteiger partial charge in [0.25, 0.3) is 0 Å². The molecule has 0 unspecified atom stereocenters. The summed E-state index contributed by atoms with van der Waals surface area (Å²) < 4.78 is 4.95. The molecule has 0 aromatic heterocycles. The molecule has 0 saturated carbocycles. The summed E-state index contributed by atoms with van der Waals surface area (Å²) in [6, 6.07) is 3.50. The molecule has 14 heavy (non-hydrogen) atoms. The fourth-order valence-corrected chi connectivity index (χ4v) is 1.58. The van der Waals surface area contributed by atoms with Gasteiger partial charge in [0.2, 0.25) is 0 Å². The zero-order valence-electron chi connectivity index (χ0n) is 8.12. The summed E-state index contributed by atoms with van der Waals surface area (Å²) in [6.07, 6.45) is 0. The maximum atomic E-state index is 9.05. The minimum Gasteiger partial charge on any atom is -0.423 e. The largest absolute Gasteiger partial charge is 0.489 e. The van der Waals surface area contributed by atoms with Gasteiger partial charge in [-0.15, -0.1) is 0 Å². The quantitative estimate of drug-likeness (QED) is 0.720. The van der Waals surface area contributed by atoms with E-state index in [1.807, 2.05) is 13.0 Å². The molecule has 1 aromatic carbocycles.